The van der Waals surface area contributed by atoms with Crippen LogP contribution in [0.25, 0.3) is 0 Å². The molecule has 0 heterocycles. The third-order valence-corrected chi connectivity index (χ3v) is 2.90. The summed E-state index contributed by atoms with van der Waals surface area (Å²) in [7, 11) is 0. The molecule has 0 amide bonds. The van der Waals surface area contributed by atoms with Crippen LogP contribution in [0.1, 0.15) is 43.4 Å². The van der Waals surface area contributed by atoms with E-state index in [-0.39, 0.29) is 6.04 Å². The van der Waals surface area contributed by atoms with E-state index in [1.807, 2.05) is 19.1 Å². The molecule has 14 heavy (non-hydrogen) atoms. The molecule has 0 aromatic heterocycles. The maximum Gasteiger partial charge on any atom is 0.0435 e. The zero-order chi connectivity index (χ0) is 10.6. The van der Waals surface area contributed by atoms with Crippen LogP contribution in [0.5, 0.6) is 0 Å². The smallest absolute Gasteiger partial charge is 0.0435 e. The van der Waals surface area contributed by atoms with Crippen molar-refractivity contribution < 1.29 is 0 Å². The molecule has 0 aliphatic rings. The monoisotopic (exact) mass is 211 g/mol. The van der Waals surface area contributed by atoms with Crippen LogP contribution < -0.4 is 5.73 Å². The fourth-order valence-corrected chi connectivity index (χ4v) is 1.61. The SMILES string of the molecule is CCCC[C@@H](N)c1ccc(Cl)c(C)c1. The van der Waals surface area contributed by atoms with Crippen LogP contribution in [0.4, 0.5) is 0 Å². The first kappa shape index (κ1) is 11.5. The Morgan fingerprint density at radius 2 is 2.14 bits per heavy atom. The average Bonchev–Trinajstić information content (AvgIpc) is 2.18. The highest BCUT2D eigenvalue weighted by molar-refractivity contribution is 6.31. The summed E-state index contributed by atoms with van der Waals surface area (Å²) in [5, 5.41) is 0.816. The van der Waals surface area contributed by atoms with Crippen LogP contribution in [-0.2, 0) is 0 Å². The summed E-state index contributed by atoms with van der Waals surface area (Å²) < 4.78 is 0. The summed E-state index contributed by atoms with van der Waals surface area (Å²) in [6.45, 7) is 4.19. The number of rotatable bonds is 4. The predicted molar refractivity (Wildman–Crippen MR) is 62.6 cm³/mol. The van der Waals surface area contributed by atoms with Crippen molar-refractivity contribution in [2.45, 2.75) is 39.2 Å². The van der Waals surface area contributed by atoms with Gasteiger partial charge in [-0.1, -0.05) is 43.5 Å². The summed E-state index contributed by atoms with van der Waals surface area (Å²) >= 11 is 5.95. The Labute approximate surface area is 91.3 Å². The van der Waals surface area contributed by atoms with Gasteiger partial charge in [-0.2, -0.15) is 0 Å². The van der Waals surface area contributed by atoms with E-state index in [0.717, 1.165) is 17.0 Å². The van der Waals surface area contributed by atoms with Gasteiger partial charge in [0.15, 0.2) is 0 Å². The van der Waals surface area contributed by atoms with Gasteiger partial charge in [-0.25, -0.2) is 0 Å². The van der Waals surface area contributed by atoms with Crippen molar-refractivity contribution in [2.75, 3.05) is 0 Å². The molecule has 0 saturated carbocycles. The van der Waals surface area contributed by atoms with E-state index < -0.39 is 0 Å². The van der Waals surface area contributed by atoms with Crippen molar-refractivity contribution in [1.29, 1.82) is 0 Å². The Morgan fingerprint density at radius 3 is 2.71 bits per heavy atom. The normalized spacial score (nSPS) is 12.9. The second kappa shape index (κ2) is 5.38. The second-order valence-corrected chi connectivity index (χ2v) is 4.16. The van der Waals surface area contributed by atoms with Gasteiger partial charge in [0.1, 0.15) is 0 Å². The fraction of sp³-hybridized carbons (Fsp3) is 0.500. The Morgan fingerprint density at radius 1 is 1.43 bits per heavy atom. The van der Waals surface area contributed by atoms with Gasteiger partial charge in [-0.15, -0.1) is 0 Å². The van der Waals surface area contributed by atoms with E-state index in [0.29, 0.717) is 0 Å². The molecule has 0 radical (unpaired) electrons. The standard InChI is InChI=1S/C12H18ClN/c1-3-4-5-12(14)10-6-7-11(13)9(2)8-10/h6-8,12H,3-5,14H2,1-2H3/t12-/m1/s1. The molecule has 78 valence electrons. The molecule has 0 saturated heterocycles. The minimum atomic E-state index is 0.158. The lowest BCUT2D eigenvalue weighted by molar-refractivity contribution is 0.603. The molecule has 1 aromatic rings. The largest absolute Gasteiger partial charge is 0.324 e. The van der Waals surface area contributed by atoms with E-state index in [4.69, 9.17) is 17.3 Å². The molecule has 1 atom stereocenters. The van der Waals surface area contributed by atoms with Crippen LogP contribution in [0.3, 0.4) is 0 Å². The molecule has 1 aromatic carbocycles. The maximum atomic E-state index is 6.06. The van der Waals surface area contributed by atoms with Gasteiger partial charge in [0.25, 0.3) is 0 Å². The third-order valence-electron chi connectivity index (χ3n) is 2.48. The van der Waals surface area contributed by atoms with E-state index in [2.05, 4.69) is 13.0 Å². The molecule has 0 bridgehead atoms. The van der Waals surface area contributed by atoms with E-state index >= 15 is 0 Å². The number of hydrogen-bond donors (Lipinski definition) is 1. The van der Waals surface area contributed by atoms with Gasteiger partial charge in [0.05, 0.1) is 0 Å². The highest BCUT2D eigenvalue weighted by Crippen LogP contribution is 2.22. The number of halogens is 1. The lowest BCUT2D eigenvalue weighted by Gasteiger charge is -2.12. The molecule has 0 fully saturated rings. The molecule has 2 heteroatoms. The van der Waals surface area contributed by atoms with Gasteiger partial charge in [-0.05, 0) is 30.5 Å². The zero-order valence-corrected chi connectivity index (χ0v) is 9.64. The van der Waals surface area contributed by atoms with Gasteiger partial charge in [0, 0.05) is 11.1 Å². The van der Waals surface area contributed by atoms with Gasteiger partial charge in [0.2, 0.25) is 0 Å². The van der Waals surface area contributed by atoms with E-state index in [1.165, 1.54) is 18.4 Å². The Kier molecular flexibility index (Phi) is 4.43. The lowest BCUT2D eigenvalue weighted by Crippen LogP contribution is -2.10. The number of nitrogens with two attached hydrogens (primary N) is 1. The van der Waals surface area contributed by atoms with Crippen LogP contribution in [0.2, 0.25) is 5.02 Å². The molecule has 0 spiro atoms. The van der Waals surface area contributed by atoms with Crippen molar-refractivity contribution in [3.8, 4) is 0 Å². The highest BCUT2D eigenvalue weighted by atomic mass is 35.5. The second-order valence-electron chi connectivity index (χ2n) is 3.76. The highest BCUT2D eigenvalue weighted by Gasteiger charge is 2.06. The molecule has 2 N–H and O–H groups in total. The number of benzene rings is 1. The Hall–Kier alpha value is -0.530. The molecule has 1 nitrogen and oxygen atoms in total. The van der Waals surface area contributed by atoms with Gasteiger partial charge in [-0.3, -0.25) is 0 Å². The fourth-order valence-electron chi connectivity index (χ4n) is 1.49. The Balaban J connectivity index is 2.70. The third kappa shape index (κ3) is 3.00. The number of unbranched alkanes of at least 4 members (excludes halogenated alkanes) is 1. The lowest BCUT2D eigenvalue weighted by atomic mass is 10.0. The van der Waals surface area contributed by atoms with Gasteiger partial charge < -0.3 is 5.73 Å². The molecule has 0 aliphatic carbocycles. The number of hydrogen-bond acceptors (Lipinski definition) is 1. The summed E-state index contributed by atoms with van der Waals surface area (Å²) in [6, 6.07) is 6.20. The summed E-state index contributed by atoms with van der Waals surface area (Å²) in [4.78, 5) is 0. The van der Waals surface area contributed by atoms with Crippen molar-refractivity contribution in [3.63, 3.8) is 0 Å². The van der Waals surface area contributed by atoms with Crippen molar-refractivity contribution in [2.24, 2.45) is 5.73 Å². The first-order chi connectivity index (χ1) is 6.65. The quantitative estimate of drug-likeness (QED) is 0.805. The van der Waals surface area contributed by atoms with Crippen LogP contribution in [-0.4, -0.2) is 0 Å². The average molecular weight is 212 g/mol. The topological polar surface area (TPSA) is 26.0 Å². The van der Waals surface area contributed by atoms with Crippen molar-refractivity contribution in [1.82, 2.24) is 0 Å². The summed E-state index contributed by atoms with van der Waals surface area (Å²) in [6.07, 6.45) is 3.43. The predicted octanol–water partition coefficient (Wildman–Crippen LogP) is 3.84. The summed E-state index contributed by atoms with van der Waals surface area (Å²) in [5.41, 5.74) is 8.36. The zero-order valence-electron chi connectivity index (χ0n) is 8.89. The summed E-state index contributed by atoms with van der Waals surface area (Å²) in [5.74, 6) is 0. The molecule has 1 rings (SSSR count). The molecular weight excluding hydrogens is 194 g/mol. The van der Waals surface area contributed by atoms with Crippen LogP contribution >= 0.6 is 11.6 Å². The molecular formula is C12H18ClN. The first-order valence-electron chi connectivity index (χ1n) is 5.16. The first-order valence-corrected chi connectivity index (χ1v) is 5.54. The van der Waals surface area contributed by atoms with Crippen LogP contribution in [0.15, 0.2) is 18.2 Å². The minimum Gasteiger partial charge on any atom is -0.324 e. The van der Waals surface area contributed by atoms with Crippen molar-refractivity contribution >= 4 is 11.6 Å². The van der Waals surface area contributed by atoms with E-state index in [9.17, 15) is 0 Å². The molecule has 0 aliphatic heterocycles. The molecule has 0 unspecified atom stereocenters. The minimum absolute atomic E-state index is 0.158. The Bertz CT molecular complexity index is 296. The number of aryl methyl sites for hydroxylation is 1. The maximum absolute atomic E-state index is 6.06. The van der Waals surface area contributed by atoms with Gasteiger partial charge >= 0.3 is 0 Å². The van der Waals surface area contributed by atoms with E-state index in [1.54, 1.807) is 0 Å². The van der Waals surface area contributed by atoms with Crippen LogP contribution in [0, 0.1) is 6.92 Å². The van der Waals surface area contributed by atoms with Crippen molar-refractivity contribution in [3.05, 3.63) is 34.3 Å².